The SMILES string of the molecule is CNCC1(O)CCC(N(C)CC(C)(C)C)CC1. The van der Waals surface area contributed by atoms with Crippen molar-refractivity contribution in [3.8, 4) is 0 Å². The first-order chi connectivity index (χ1) is 7.76. The second-order valence-corrected chi connectivity index (χ2v) is 6.96. The van der Waals surface area contributed by atoms with Crippen molar-refractivity contribution in [2.24, 2.45) is 5.41 Å². The smallest absolute Gasteiger partial charge is 0.0772 e. The van der Waals surface area contributed by atoms with Crippen LogP contribution in [-0.2, 0) is 0 Å². The van der Waals surface area contributed by atoms with Crippen LogP contribution in [0.25, 0.3) is 0 Å². The molecule has 3 nitrogen and oxygen atoms in total. The molecule has 0 aromatic heterocycles. The molecule has 0 radical (unpaired) electrons. The summed E-state index contributed by atoms with van der Waals surface area (Å²) in [4.78, 5) is 2.47. The molecule has 0 aromatic rings. The predicted octanol–water partition coefficient (Wildman–Crippen LogP) is 1.86. The molecule has 1 fully saturated rings. The monoisotopic (exact) mass is 242 g/mol. The van der Waals surface area contributed by atoms with Crippen molar-refractivity contribution in [2.45, 2.75) is 58.1 Å². The Kier molecular flexibility index (Phi) is 4.99. The maximum atomic E-state index is 10.3. The van der Waals surface area contributed by atoms with Crippen LogP contribution in [0.3, 0.4) is 0 Å². The van der Waals surface area contributed by atoms with Gasteiger partial charge in [0.05, 0.1) is 5.60 Å². The van der Waals surface area contributed by atoms with Gasteiger partial charge in [0.15, 0.2) is 0 Å². The van der Waals surface area contributed by atoms with Crippen molar-refractivity contribution in [3.63, 3.8) is 0 Å². The standard InChI is InChI=1S/C14H30N2O/c1-13(2,3)11-16(5)12-6-8-14(17,9-7-12)10-15-4/h12,15,17H,6-11H2,1-5H3. The number of hydrogen-bond acceptors (Lipinski definition) is 3. The molecule has 3 heteroatoms. The van der Waals surface area contributed by atoms with Crippen LogP contribution >= 0.6 is 0 Å². The fourth-order valence-electron chi connectivity index (χ4n) is 2.96. The van der Waals surface area contributed by atoms with Gasteiger partial charge in [0.1, 0.15) is 0 Å². The summed E-state index contributed by atoms with van der Waals surface area (Å²) in [5.74, 6) is 0. The second-order valence-electron chi connectivity index (χ2n) is 6.96. The number of aliphatic hydroxyl groups is 1. The van der Waals surface area contributed by atoms with Crippen LogP contribution in [0.1, 0.15) is 46.5 Å². The Hall–Kier alpha value is -0.120. The zero-order valence-electron chi connectivity index (χ0n) is 12.2. The summed E-state index contributed by atoms with van der Waals surface area (Å²) in [6.07, 6.45) is 4.08. The molecule has 1 aliphatic rings. The van der Waals surface area contributed by atoms with Crippen molar-refractivity contribution in [2.75, 3.05) is 27.2 Å². The minimum Gasteiger partial charge on any atom is -0.389 e. The fraction of sp³-hybridized carbons (Fsp3) is 1.00. The first-order valence-corrected chi connectivity index (χ1v) is 6.83. The zero-order chi connectivity index (χ0) is 13.1. The van der Waals surface area contributed by atoms with Crippen LogP contribution in [0.15, 0.2) is 0 Å². The Labute approximate surface area is 107 Å². The Balaban J connectivity index is 2.41. The number of nitrogens with zero attached hydrogens (tertiary/aromatic N) is 1. The van der Waals surface area contributed by atoms with E-state index < -0.39 is 5.60 Å². The van der Waals surface area contributed by atoms with E-state index in [0.29, 0.717) is 11.5 Å². The highest BCUT2D eigenvalue weighted by Crippen LogP contribution is 2.31. The van der Waals surface area contributed by atoms with Gasteiger partial charge in [-0.2, -0.15) is 0 Å². The van der Waals surface area contributed by atoms with Gasteiger partial charge in [-0.15, -0.1) is 0 Å². The maximum Gasteiger partial charge on any atom is 0.0772 e. The molecule has 0 unspecified atom stereocenters. The third-order valence-corrected chi connectivity index (χ3v) is 3.74. The van der Waals surface area contributed by atoms with Crippen molar-refractivity contribution in [3.05, 3.63) is 0 Å². The van der Waals surface area contributed by atoms with Crippen molar-refractivity contribution < 1.29 is 5.11 Å². The molecule has 0 aliphatic heterocycles. The number of nitrogens with one attached hydrogen (secondary N) is 1. The maximum absolute atomic E-state index is 10.3. The topological polar surface area (TPSA) is 35.5 Å². The van der Waals surface area contributed by atoms with Crippen LogP contribution in [0.2, 0.25) is 0 Å². The van der Waals surface area contributed by atoms with Gasteiger partial charge in [-0.3, -0.25) is 0 Å². The molecule has 0 amide bonds. The Bertz CT molecular complexity index is 227. The van der Waals surface area contributed by atoms with E-state index >= 15 is 0 Å². The van der Waals surface area contributed by atoms with E-state index in [2.05, 4.69) is 38.0 Å². The molecule has 1 rings (SSSR count). The summed E-state index contributed by atoms with van der Waals surface area (Å²) in [6.45, 7) is 8.70. The molecule has 1 aliphatic carbocycles. The Morgan fingerprint density at radius 1 is 1.29 bits per heavy atom. The van der Waals surface area contributed by atoms with Gasteiger partial charge in [0, 0.05) is 19.1 Å². The van der Waals surface area contributed by atoms with Gasteiger partial charge in [-0.25, -0.2) is 0 Å². The predicted molar refractivity (Wildman–Crippen MR) is 73.2 cm³/mol. The third kappa shape index (κ3) is 4.94. The highest BCUT2D eigenvalue weighted by molar-refractivity contribution is 4.90. The molecular formula is C14H30N2O. The quantitative estimate of drug-likeness (QED) is 0.790. The highest BCUT2D eigenvalue weighted by atomic mass is 16.3. The summed E-state index contributed by atoms with van der Waals surface area (Å²) < 4.78 is 0. The molecule has 1 saturated carbocycles. The first kappa shape index (κ1) is 14.9. The third-order valence-electron chi connectivity index (χ3n) is 3.74. The normalized spacial score (nSPS) is 30.9. The molecule has 0 saturated heterocycles. The summed E-state index contributed by atoms with van der Waals surface area (Å²) in [5, 5.41) is 13.4. The van der Waals surface area contributed by atoms with Crippen LogP contribution < -0.4 is 5.32 Å². The number of hydrogen-bond donors (Lipinski definition) is 2. The Morgan fingerprint density at radius 2 is 1.82 bits per heavy atom. The summed E-state index contributed by atoms with van der Waals surface area (Å²) >= 11 is 0. The van der Waals surface area contributed by atoms with E-state index in [-0.39, 0.29) is 0 Å². The lowest BCUT2D eigenvalue weighted by molar-refractivity contribution is -0.0178. The Morgan fingerprint density at radius 3 is 2.24 bits per heavy atom. The van der Waals surface area contributed by atoms with Crippen LogP contribution in [-0.4, -0.2) is 48.8 Å². The van der Waals surface area contributed by atoms with Gasteiger partial charge in [-0.1, -0.05) is 20.8 Å². The largest absolute Gasteiger partial charge is 0.389 e. The van der Waals surface area contributed by atoms with E-state index in [1.54, 1.807) is 0 Å². The van der Waals surface area contributed by atoms with E-state index in [0.717, 1.165) is 38.8 Å². The molecular weight excluding hydrogens is 212 g/mol. The van der Waals surface area contributed by atoms with Gasteiger partial charge in [-0.05, 0) is 45.2 Å². The van der Waals surface area contributed by atoms with Gasteiger partial charge >= 0.3 is 0 Å². The van der Waals surface area contributed by atoms with Crippen LogP contribution in [0.5, 0.6) is 0 Å². The summed E-state index contributed by atoms with van der Waals surface area (Å²) in [6, 6.07) is 0.645. The fourth-order valence-corrected chi connectivity index (χ4v) is 2.96. The average molecular weight is 242 g/mol. The van der Waals surface area contributed by atoms with E-state index in [9.17, 15) is 5.11 Å². The van der Waals surface area contributed by atoms with Crippen molar-refractivity contribution in [1.29, 1.82) is 0 Å². The van der Waals surface area contributed by atoms with Crippen LogP contribution in [0.4, 0.5) is 0 Å². The number of likely N-dealkylation sites (N-methyl/N-ethyl adjacent to an activating group) is 1. The van der Waals surface area contributed by atoms with Crippen LogP contribution in [0, 0.1) is 5.41 Å². The van der Waals surface area contributed by atoms with Gasteiger partial charge in [0.25, 0.3) is 0 Å². The number of rotatable bonds is 4. The average Bonchev–Trinajstić information content (AvgIpc) is 2.15. The summed E-state index contributed by atoms with van der Waals surface area (Å²) in [7, 11) is 4.13. The molecule has 2 N–H and O–H groups in total. The minimum atomic E-state index is -0.464. The lowest BCUT2D eigenvalue weighted by Gasteiger charge is -2.41. The molecule has 17 heavy (non-hydrogen) atoms. The van der Waals surface area contributed by atoms with Crippen molar-refractivity contribution in [1.82, 2.24) is 10.2 Å². The van der Waals surface area contributed by atoms with E-state index in [1.807, 2.05) is 7.05 Å². The summed E-state index contributed by atoms with van der Waals surface area (Å²) in [5.41, 5.74) is -0.110. The van der Waals surface area contributed by atoms with Gasteiger partial charge in [0.2, 0.25) is 0 Å². The highest BCUT2D eigenvalue weighted by Gasteiger charge is 2.34. The molecule has 102 valence electrons. The van der Waals surface area contributed by atoms with Gasteiger partial charge < -0.3 is 15.3 Å². The molecule has 0 spiro atoms. The lowest BCUT2D eigenvalue weighted by Crippen LogP contribution is -2.48. The molecule has 0 bridgehead atoms. The first-order valence-electron chi connectivity index (χ1n) is 6.83. The van der Waals surface area contributed by atoms with Crippen molar-refractivity contribution >= 4 is 0 Å². The molecule has 0 aromatic carbocycles. The molecule has 0 atom stereocenters. The molecule has 0 heterocycles. The van der Waals surface area contributed by atoms with E-state index in [4.69, 9.17) is 0 Å². The second kappa shape index (κ2) is 5.68. The van der Waals surface area contributed by atoms with E-state index in [1.165, 1.54) is 0 Å². The lowest BCUT2D eigenvalue weighted by atomic mass is 9.81. The zero-order valence-corrected chi connectivity index (χ0v) is 12.2. The minimum absolute atomic E-state index is 0.355.